The van der Waals surface area contributed by atoms with Crippen molar-refractivity contribution in [2.45, 2.75) is 6.54 Å². The third-order valence-electron chi connectivity index (χ3n) is 3.14. The van der Waals surface area contributed by atoms with Crippen LogP contribution in [0.15, 0.2) is 36.4 Å². The molecule has 20 heavy (non-hydrogen) atoms. The highest BCUT2D eigenvalue weighted by molar-refractivity contribution is 5.75. The Kier molecular flexibility index (Phi) is 4.58. The van der Waals surface area contributed by atoms with E-state index in [1.807, 2.05) is 25.2 Å². The van der Waals surface area contributed by atoms with Gasteiger partial charge < -0.3 is 14.8 Å². The molecular formula is C16H18FNO2. The van der Waals surface area contributed by atoms with Crippen LogP contribution in [0.1, 0.15) is 5.56 Å². The second-order valence-corrected chi connectivity index (χ2v) is 4.40. The molecule has 2 rings (SSSR count). The smallest absolute Gasteiger partial charge is 0.126 e. The van der Waals surface area contributed by atoms with Crippen LogP contribution in [0, 0.1) is 5.82 Å². The lowest BCUT2D eigenvalue weighted by Crippen LogP contribution is -2.07. The first-order valence-corrected chi connectivity index (χ1v) is 6.35. The van der Waals surface area contributed by atoms with E-state index in [1.165, 1.54) is 12.1 Å². The average molecular weight is 275 g/mol. The number of benzene rings is 2. The summed E-state index contributed by atoms with van der Waals surface area (Å²) >= 11 is 0. The Morgan fingerprint density at radius 2 is 1.80 bits per heavy atom. The lowest BCUT2D eigenvalue weighted by atomic mass is 9.98. The van der Waals surface area contributed by atoms with Crippen molar-refractivity contribution < 1.29 is 13.9 Å². The maximum atomic E-state index is 13.6. The molecule has 0 aromatic heterocycles. The largest absolute Gasteiger partial charge is 0.497 e. The van der Waals surface area contributed by atoms with Gasteiger partial charge in [0.2, 0.25) is 0 Å². The maximum Gasteiger partial charge on any atom is 0.126 e. The Morgan fingerprint density at radius 1 is 1.00 bits per heavy atom. The second-order valence-electron chi connectivity index (χ2n) is 4.40. The van der Waals surface area contributed by atoms with Gasteiger partial charge in [-0.25, -0.2) is 4.39 Å². The summed E-state index contributed by atoms with van der Waals surface area (Å²) in [7, 11) is 5.06. The minimum absolute atomic E-state index is 0.273. The van der Waals surface area contributed by atoms with E-state index in [2.05, 4.69) is 5.32 Å². The zero-order chi connectivity index (χ0) is 14.5. The molecule has 0 aliphatic rings. The quantitative estimate of drug-likeness (QED) is 0.908. The Bertz CT molecular complexity index is 599. The van der Waals surface area contributed by atoms with Crippen LogP contribution in [0.25, 0.3) is 11.1 Å². The van der Waals surface area contributed by atoms with Gasteiger partial charge >= 0.3 is 0 Å². The predicted octanol–water partition coefficient (Wildman–Crippen LogP) is 3.23. The Morgan fingerprint density at radius 3 is 2.45 bits per heavy atom. The summed E-state index contributed by atoms with van der Waals surface area (Å²) in [6, 6.07) is 10.3. The first-order valence-electron chi connectivity index (χ1n) is 6.35. The van der Waals surface area contributed by atoms with E-state index >= 15 is 0 Å². The minimum Gasteiger partial charge on any atom is -0.497 e. The van der Waals surface area contributed by atoms with Gasteiger partial charge in [-0.05, 0) is 48.5 Å². The third kappa shape index (κ3) is 2.91. The molecule has 0 unspecified atom stereocenters. The van der Waals surface area contributed by atoms with Crippen LogP contribution in [-0.4, -0.2) is 21.3 Å². The number of ether oxygens (including phenoxy) is 2. The fourth-order valence-electron chi connectivity index (χ4n) is 2.17. The van der Waals surface area contributed by atoms with Crippen molar-refractivity contribution in [2.75, 3.05) is 21.3 Å². The van der Waals surface area contributed by atoms with E-state index in [1.54, 1.807) is 20.3 Å². The van der Waals surface area contributed by atoms with Crippen LogP contribution >= 0.6 is 0 Å². The molecule has 0 atom stereocenters. The third-order valence-corrected chi connectivity index (χ3v) is 3.14. The van der Waals surface area contributed by atoms with Crippen LogP contribution < -0.4 is 14.8 Å². The number of hydrogen-bond acceptors (Lipinski definition) is 3. The van der Waals surface area contributed by atoms with Gasteiger partial charge in [0.1, 0.15) is 17.3 Å². The van der Waals surface area contributed by atoms with E-state index in [0.717, 1.165) is 16.7 Å². The van der Waals surface area contributed by atoms with Crippen LogP contribution in [0.4, 0.5) is 4.39 Å². The number of methoxy groups -OCH3 is 2. The summed E-state index contributed by atoms with van der Waals surface area (Å²) in [5.74, 6) is 1.12. The molecule has 3 nitrogen and oxygen atoms in total. The molecule has 1 N–H and O–H groups in total. The van der Waals surface area contributed by atoms with Crippen LogP contribution in [-0.2, 0) is 6.54 Å². The molecule has 0 fully saturated rings. The summed E-state index contributed by atoms with van der Waals surface area (Å²) in [6.45, 7) is 0.649. The van der Waals surface area contributed by atoms with Crippen molar-refractivity contribution in [3.63, 3.8) is 0 Å². The van der Waals surface area contributed by atoms with Gasteiger partial charge in [0, 0.05) is 12.1 Å². The van der Waals surface area contributed by atoms with Gasteiger partial charge in [-0.15, -0.1) is 0 Å². The lowest BCUT2D eigenvalue weighted by Gasteiger charge is -2.14. The zero-order valence-electron chi connectivity index (χ0n) is 11.9. The minimum atomic E-state index is -0.273. The lowest BCUT2D eigenvalue weighted by molar-refractivity contribution is 0.404. The van der Waals surface area contributed by atoms with Crippen LogP contribution in [0.2, 0.25) is 0 Å². The number of hydrogen-bond donors (Lipinski definition) is 1. The highest BCUT2D eigenvalue weighted by Gasteiger charge is 2.12. The first-order chi connectivity index (χ1) is 9.69. The second kappa shape index (κ2) is 6.39. The van der Waals surface area contributed by atoms with Crippen molar-refractivity contribution in [3.8, 4) is 22.6 Å². The molecule has 0 aliphatic heterocycles. The summed E-state index contributed by atoms with van der Waals surface area (Å²) < 4.78 is 24.2. The summed E-state index contributed by atoms with van der Waals surface area (Å²) in [6.07, 6.45) is 0. The van der Waals surface area contributed by atoms with Crippen molar-refractivity contribution in [3.05, 3.63) is 47.8 Å². The molecule has 0 spiro atoms. The van der Waals surface area contributed by atoms with E-state index in [9.17, 15) is 4.39 Å². The fourth-order valence-corrected chi connectivity index (χ4v) is 2.17. The number of halogens is 1. The Hall–Kier alpha value is -2.07. The molecule has 2 aromatic carbocycles. The molecule has 0 saturated heterocycles. The van der Waals surface area contributed by atoms with Gasteiger partial charge in [-0.1, -0.05) is 6.07 Å². The average Bonchev–Trinajstić information content (AvgIpc) is 2.48. The standard InChI is InChI=1S/C16H18FNO2/c1-18-10-11-4-5-12(17)8-14(11)15-9-13(19-2)6-7-16(15)20-3/h4-9,18H,10H2,1-3H3. The van der Waals surface area contributed by atoms with Gasteiger partial charge in [0.15, 0.2) is 0 Å². The zero-order valence-corrected chi connectivity index (χ0v) is 11.9. The Balaban J connectivity index is 2.62. The van der Waals surface area contributed by atoms with Gasteiger partial charge in [0.25, 0.3) is 0 Å². The van der Waals surface area contributed by atoms with Gasteiger partial charge in [0.05, 0.1) is 14.2 Å². The van der Waals surface area contributed by atoms with E-state index < -0.39 is 0 Å². The highest BCUT2D eigenvalue weighted by atomic mass is 19.1. The van der Waals surface area contributed by atoms with Crippen molar-refractivity contribution >= 4 is 0 Å². The van der Waals surface area contributed by atoms with Gasteiger partial charge in [-0.3, -0.25) is 0 Å². The molecule has 0 radical (unpaired) electrons. The normalized spacial score (nSPS) is 10.4. The molecular weight excluding hydrogens is 257 g/mol. The predicted molar refractivity (Wildman–Crippen MR) is 77.7 cm³/mol. The molecule has 0 heterocycles. The fraction of sp³-hybridized carbons (Fsp3) is 0.250. The molecule has 106 valence electrons. The first kappa shape index (κ1) is 14.3. The van der Waals surface area contributed by atoms with Crippen LogP contribution in [0.3, 0.4) is 0 Å². The number of nitrogens with one attached hydrogen (secondary N) is 1. The summed E-state index contributed by atoms with van der Waals surface area (Å²) in [5, 5.41) is 3.09. The Labute approximate surface area is 118 Å². The van der Waals surface area contributed by atoms with Crippen molar-refractivity contribution in [1.29, 1.82) is 0 Å². The van der Waals surface area contributed by atoms with Crippen molar-refractivity contribution in [1.82, 2.24) is 5.32 Å². The topological polar surface area (TPSA) is 30.5 Å². The molecule has 0 saturated carbocycles. The maximum absolute atomic E-state index is 13.6. The molecule has 0 bridgehead atoms. The summed E-state index contributed by atoms with van der Waals surface area (Å²) in [4.78, 5) is 0. The van der Waals surface area contributed by atoms with Crippen LogP contribution in [0.5, 0.6) is 11.5 Å². The van der Waals surface area contributed by atoms with E-state index in [0.29, 0.717) is 18.0 Å². The SMILES string of the molecule is CNCc1ccc(F)cc1-c1cc(OC)ccc1OC. The van der Waals surface area contributed by atoms with Crippen molar-refractivity contribution in [2.24, 2.45) is 0 Å². The molecule has 0 amide bonds. The molecule has 4 heteroatoms. The van der Waals surface area contributed by atoms with E-state index in [-0.39, 0.29) is 5.82 Å². The monoisotopic (exact) mass is 275 g/mol. The summed E-state index contributed by atoms with van der Waals surface area (Å²) in [5.41, 5.74) is 2.62. The van der Waals surface area contributed by atoms with E-state index in [4.69, 9.17) is 9.47 Å². The van der Waals surface area contributed by atoms with Gasteiger partial charge in [-0.2, -0.15) is 0 Å². The molecule has 0 aliphatic carbocycles. The number of rotatable bonds is 5. The highest BCUT2D eigenvalue weighted by Crippen LogP contribution is 2.35. The molecule has 2 aromatic rings.